The lowest BCUT2D eigenvalue weighted by Crippen LogP contribution is -2.01. The molecule has 2 aromatic rings. The number of imidazole rings is 1. The summed E-state index contributed by atoms with van der Waals surface area (Å²) in [6, 6.07) is 8.02. The molecule has 4 nitrogen and oxygen atoms in total. The van der Waals surface area contributed by atoms with E-state index in [2.05, 4.69) is 4.98 Å². The molecule has 0 aliphatic rings. The number of rotatable bonds is 7. The summed E-state index contributed by atoms with van der Waals surface area (Å²) in [6.45, 7) is 1.52. The monoisotopic (exact) mass is 245 g/mol. The first-order chi connectivity index (χ1) is 8.90. The van der Waals surface area contributed by atoms with E-state index in [-0.39, 0.29) is 0 Å². The van der Waals surface area contributed by atoms with E-state index in [1.54, 1.807) is 12.5 Å². The Morgan fingerprint density at radius 3 is 2.61 bits per heavy atom. The van der Waals surface area contributed by atoms with Crippen molar-refractivity contribution in [1.82, 2.24) is 9.55 Å². The number of hydrogen-bond donors (Lipinski definition) is 1. The van der Waals surface area contributed by atoms with Crippen LogP contribution in [0.3, 0.4) is 0 Å². The first-order valence-corrected chi connectivity index (χ1v) is 6.31. The normalized spacial score (nSPS) is 10.5. The molecule has 1 aromatic carbocycles. The molecule has 0 radical (unpaired) electrons. The molecule has 2 N–H and O–H groups in total. The molecule has 0 aliphatic carbocycles. The van der Waals surface area contributed by atoms with Gasteiger partial charge in [-0.2, -0.15) is 0 Å². The van der Waals surface area contributed by atoms with Gasteiger partial charge < -0.3 is 15.0 Å². The zero-order valence-corrected chi connectivity index (χ0v) is 10.5. The van der Waals surface area contributed by atoms with Gasteiger partial charge in [-0.15, -0.1) is 0 Å². The summed E-state index contributed by atoms with van der Waals surface area (Å²) in [7, 11) is 0. The van der Waals surface area contributed by atoms with Gasteiger partial charge in [-0.3, -0.25) is 0 Å². The van der Waals surface area contributed by atoms with Gasteiger partial charge in [-0.25, -0.2) is 4.98 Å². The fourth-order valence-corrected chi connectivity index (χ4v) is 1.74. The number of nitrogens with zero attached hydrogens (tertiary/aromatic N) is 2. The average Bonchev–Trinajstić information content (AvgIpc) is 2.93. The molecule has 4 heteroatoms. The quantitative estimate of drug-likeness (QED) is 0.762. The van der Waals surface area contributed by atoms with Gasteiger partial charge in [0.05, 0.1) is 12.9 Å². The Hall–Kier alpha value is -1.81. The van der Waals surface area contributed by atoms with Crippen LogP contribution in [0.25, 0.3) is 5.69 Å². The predicted molar refractivity (Wildman–Crippen MR) is 72.0 cm³/mol. The van der Waals surface area contributed by atoms with Crippen molar-refractivity contribution in [2.45, 2.75) is 19.3 Å². The van der Waals surface area contributed by atoms with Crippen LogP contribution in [-0.2, 0) is 0 Å². The zero-order chi connectivity index (χ0) is 12.6. The van der Waals surface area contributed by atoms with Crippen LogP contribution in [0.1, 0.15) is 19.3 Å². The number of ether oxygens (including phenoxy) is 1. The number of unbranched alkanes of at least 4 members (excludes halogenated alkanes) is 2. The molecule has 2 rings (SSSR count). The van der Waals surface area contributed by atoms with Crippen LogP contribution in [0.5, 0.6) is 5.75 Å². The average molecular weight is 245 g/mol. The third-order valence-electron chi connectivity index (χ3n) is 2.76. The highest BCUT2D eigenvalue weighted by atomic mass is 16.5. The van der Waals surface area contributed by atoms with E-state index in [0.717, 1.165) is 43.9 Å². The largest absolute Gasteiger partial charge is 0.494 e. The standard InChI is InChI=1S/C14H19N3O/c15-8-2-1-3-11-18-14-6-4-13(5-7-14)17-10-9-16-12-17/h4-7,9-10,12H,1-3,8,11,15H2. The van der Waals surface area contributed by atoms with Gasteiger partial charge in [0, 0.05) is 18.1 Å². The molecule has 96 valence electrons. The fraction of sp³-hybridized carbons (Fsp3) is 0.357. The molecule has 18 heavy (non-hydrogen) atoms. The van der Waals surface area contributed by atoms with Crippen molar-refractivity contribution >= 4 is 0 Å². The second-order valence-electron chi connectivity index (χ2n) is 4.16. The minimum Gasteiger partial charge on any atom is -0.494 e. The molecule has 1 aromatic heterocycles. The fourth-order valence-electron chi connectivity index (χ4n) is 1.74. The molecule has 0 bridgehead atoms. The smallest absolute Gasteiger partial charge is 0.119 e. The second kappa shape index (κ2) is 6.81. The second-order valence-corrected chi connectivity index (χ2v) is 4.16. The number of hydrogen-bond acceptors (Lipinski definition) is 3. The van der Waals surface area contributed by atoms with E-state index >= 15 is 0 Å². The van der Waals surface area contributed by atoms with Crippen molar-refractivity contribution in [2.24, 2.45) is 5.73 Å². The molecule has 0 amide bonds. The van der Waals surface area contributed by atoms with E-state index in [1.165, 1.54) is 0 Å². The van der Waals surface area contributed by atoms with Crippen LogP contribution in [0.15, 0.2) is 43.0 Å². The Labute approximate surface area is 107 Å². The van der Waals surface area contributed by atoms with E-state index in [0.29, 0.717) is 0 Å². The summed E-state index contributed by atoms with van der Waals surface area (Å²) in [4.78, 5) is 4.02. The lowest BCUT2D eigenvalue weighted by atomic mass is 10.2. The predicted octanol–water partition coefficient (Wildman–Crippen LogP) is 2.38. The van der Waals surface area contributed by atoms with Crippen LogP contribution in [0, 0.1) is 0 Å². The third kappa shape index (κ3) is 3.60. The number of benzene rings is 1. The summed E-state index contributed by atoms with van der Waals surface area (Å²) >= 11 is 0. The van der Waals surface area contributed by atoms with Crippen LogP contribution in [0.4, 0.5) is 0 Å². The van der Waals surface area contributed by atoms with Gasteiger partial charge in [0.2, 0.25) is 0 Å². The maximum atomic E-state index is 5.66. The summed E-state index contributed by atoms with van der Waals surface area (Å²) in [6.07, 6.45) is 8.72. The van der Waals surface area contributed by atoms with Crippen molar-refractivity contribution in [3.63, 3.8) is 0 Å². The maximum absolute atomic E-state index is 5.66. The maximum Gasteiger partial charge on any atom is 0.119 e. The lowest BCUT2D eigenvalue weighted by Gasteiger charge is -2.07. The highest BCUT2D eigenvalue weighted by molar-refractivity contribution is 5.37. The van der Waals surface area contributed by atoms with Gasteiger partial charge >= 0.3 is 0 Å². The molecule has 0 spiro atoms. The number of nitrogens with two attached hydrogens (primary N) is 1. The minimum atomic E-state index is 0.754. The Kier molecular flexibility index (Phi) is 4.78. The van der Waals surface area contributed by atoms with Crippen molar-refractivity contribution < 1.29 is 4.74 Å². The third-order valence-corrected chi connectivity index (χ3v) is 2.76. The van der Waals surface area contributed by atoms with Crippen molar-refractivity contribution in [1.29, 1.82) is 0 Å². The Bertz CT molecular complexity index is 437. The van der Waals surface area contributed by atoms with Gasteiger partial charge in [0.1, 0.15) is 5.75 Å². The van der Waals surface area contributed by atoms with Crippen LogP contribution >= 0.6 is 0 Å². The Balaban J connectivity index is 1.81. The minimum absolute atomic E-state index is 0.754. The van der Waals surface area contributed by atoms with Crippen molar-refractivity contribution in [2.75, 3.05) is 13.2 Å². The number of aromatic nitrogens is 2. The highest BCUT2D eigenvalue weighted by Gasteiger charge is 1.97. The molecule has 0 atom stereocenters. The zero-order valence-electron chi connectivity index (χ0n) is 10.5. The Morgan fingerprint density at radius 2 is 1.94 bits per heavy atom. The molecule has 0 unspecified atom stereocenters. The molecule has 0 saturated carbocycles. The molecular formula is C14H19N3O. The molecule has 0 fully saturated rings. The summed E-state index contributed by atoms with van der Waals surface area (Å²) in [5, 5.41) is 0. The van der Waals surface area contributed by atoms with Gasteiger partial charge in [-0.1, -0.05) is 0 Å². The van der Waals surface area contributed by atoms with Crippen LogP contribution in [-0.4, -0.2) is 22.7 Å². The van der Waals surface area contributed by atoms with E-state index in [4.69, 9.17) is 10.5 Å². The summed E-state index contributed by atoms with van der Waals surface area (Å²) in [5.41, 5.74) is 6.52. The molecule has 1 heterocycles. The topological polar surface area (TPSA) is 53.1 Å². The van der Waals surface area contributed by atoms with Crippen LogP contribution in [0.2, 0.25) is 0 Å². The molecule has 0 saturated heterocycles. The lowest BCUT2D eigenvalue weighted by molar-refractivity contribution is 0.305. The van der Waals surface area contributed by atoms with Crippen LogP contribution < -0.4 is 10.5 Å². The van der Waals surface area contributed by atoms with Gasteiger partial charge in [-0.05, 0) is 50.1 Å². The summed E-state index contributed by atoms with van der Waals surface area (Å²) < 4.78 is 7.62. The SMILES string of the molecule is NCCCCCOc1ccc(-n2ccnc2)cc1. The van der Waals surface area contributed by atoms with Crippen molar-refractivity contribution in [3.05, 3.63) is 43.0 Å². The van der Waals surface area contributed by atoms with E-state index in [9.17, 15) is 0 Å². The first-order valence-electron chi connectivity index (χ1n) is 6.31. The first kappa shape index (κ1) is 12.6. The van der Waals surface area contributed by atoms with E-state index < -0.39 is 0 Å². The van der Waals surface area contributed by atoms with Gasteiger partial charge in [0.15, 0.2) is 0 Å². The van der Waals surface area contributed by atoms with E-state index in [1.807, 2.05) is 35.0 Å². The summed E-state index contributed by atoms with van der Waals surface area (Å²) in [5.74, 6) is 0.909. The molecular weight excluding hydrogens is 226 g/mol. The molecule has 0 aliphatic heterocycles. The van der Waals surface area contributed by atoms with Gasteiger partial charge in [0.25, 0.3) is 0 Å². The Morgan fingerprint density at radius 1 is 1.11 bits per heavy atom. The van der Waals surface area contributed by atoms with Crippen molar-refractivity contribution in [3.8, 4) is 11.4 Å². The highest BCUT2D eigenvalue weighted by Crippen LogP contribution is 2.15.